The van der Waals surface area contributed by atoms with Crippen LogP contribution in [-0.4, -0.2) is 4.57 Å². The molecule has 0 spiro atoms. The van der Waals surface area contributed by atoms with Crippen LogP contribution in [0.4, 0.5) is 17.1 Å². The molecule has 55 heavy (non-hydrogen) atoms. The van der Waals surface area contributed by atoms with Crippen LogP contribution in [-0.2, 0) is 0 Å². The SMILES string of the molecule is c1ccc(-c2c3c(cc4c2c2cc(-c5cccc6ccccc56)ccc2n4-c2ccc(N(c4ccccc4)c4ccccc4)cc2)oc2ccccc23)cc1. The van der Waals surface area contributed by atoms with Crippen molar-refractivity contribution in [1.29, 1.82) is 0 Å². The molecule has 3 heteroatoms. The number of nitrogens with zero attached hydrogens (tertiary/aromatic N) is 2. The Bertz CT molecular complexity index is 3130. The van der Waals surface area contributed by atoms with Gasteiger partial charge in [-0.2, -0.15) is 0 Å². The summed E-state index contributed by atoms with van der Waals surface area (Å²) in [5, 5.41) is 7.15. The van der Waals surface area contributed by atoms with Crippen LogP contribution in [0.2, 0.25) is 0 Å². The van der Waals surface area contributed by atoms with Gasteiger partial charge in [0.05, 0.1) is 11.0 Å². The van der Waals surface area contributed by atoms with Gasteiger partial charge in [-0.3, -0.25) is 0 Å². The monoisotopic (exact) mass is 702 g/mol. The summed E-state index contributed by atoms with van der Waals surface area (Å²) in [4.78, 5) is 2.30. The van der Waals surface area contributed by atoms with Crippen LogP contribution in [0, 0.1) is 0 Å². The van der Waals surface area contributed by atoms with Crippen LogP contribution >= 0.6 is 0 Å². The largest absolute Gasteiger partial charge is 0.456 e. The molecule has 0 saturated heterocycles. The number of anilines is 3. The summed E-state index contributed by atoms with van der Waals surface area (Å²) >= 11 is 0. The van der Waals surface area contributed by atoms with Crippen molar-refractivity contribution in [2.24, 2.45) is 0 Å². The number of furan rings is 1. The first-order valence-electron chi connectivity index (χ1n) is 18.8. The number of hydrogen-bond acceptors (Lipinski definition) is 2. The topological polar surface area (TPSA) is 21.3 Å². The highest BCUT2D eigenvalue weighted by Gasteiger charge is 2.23. The Balaban J connectivity index is 1.21. The Morgan fingerprint density at radius 1 is 0.382 bits per heavy atom. The summed E-state index contributed by atoms with van der Waals surface area (Å²) in [5.41, 5.74) is 13.2. The molecule has 0 N–H and O–H groups in total. The van der Waals surface area contributed by atoms with Gasteiger partial charge in [0, 0.05) is 55.9 Å². The van der Waals surface area contributed by atoms with E-state index in [-0.39, 0.29) is 0 Å². The van der Waals surface area contributed by atoms with Crippen LogP contribution in [0.25, 0.3) is 82.5 Å². The molecular weight excluding hydrogens is 669 g/mol. The van der Waals surface area contributed by atoms with Crippen molar-refractivity contribution in [2.75, 3.05) is 4.90 Å². The van der Waals surface area contributed by atoms with Crippen molar-refractivity contribution in [1.82, 2.24) is 4.57 Å². The second-order valence-electron chi connectivity index (χ2n) is 14.1. The summed E-state index contributed by atoms with van der Waals surface area (Å²) in [6, 6.07) is 73.8. The van der Waals surface area contributed by atoms with Crippen LogP contribution in [0.5, 0.6) is 0 Å². The minimum atomic E-state index is 0.877. The van der Waals surface area contributed by atoms with E-state index in [1.165, 1.54) is 38.2 Å². The van der Waals surface area contributed by atoms with Crippen molar-refractivity contribution < 1.29 is 4.42 Å². The van der Waals surface area contributed by atoms with E-state index in [1.807, 2.05) is 6.07 Å². The lowest BCUT2D eigenvalue weighted by atomic mass is 9.93. The van der Waals surface area contributed by atoms with Crippen LogP contribution in [0.15, 0.2) is 211 Å². The fourth-order valence-corrected chi connectivity index (χ4v) is 8.55. The Kier molecular flexibility index (Phi) is 7.17. The molecule has 11 aromatic rings. The standard InChI is InChI=1S/C52H34N2O/c1-4-16-36(17-5-1)50-51-45-33-37(43-25-14-18-35-15-10-11-23-42(35)43)27-32-46(45)54(47(51)34-49-52(50)44-24-12-13-26-48(44)55-49)41-30-28-40(29-31-41)53(38-19-6-2-7-20-38)39-21-8-3-9-22-39/h1-34H. The van der Waals surface area contributed by atoms with Gasteiger partial charge in [0.1, 0.15) is 11.2 Å². The number of rotatable bonds is 6. The van der Waals surface area contributed by atoms with Crippen LogP contribution in [0.3, 0.4) is 0 Å². The molecule has 258 valence electrons. The van der Waals surface area contributed by atoms with E-state index in [0.29, 0.717) is 0 Å². The Morgan fingerprint density at radius 2 is 1.00 bits per heavy atom. The Hall–Kier alpha value is -7.36. The molecule has 0 bridgehead atoms. The molecule has 3 nitrogen and oxygen atoms in total. The zero-order valence-electron chi connectivity index (χ0n) is 29.9. The average Bonchev–Trinajstić information content (AvgIpc) is 3.79. The zero-order chi connectivity index (χ0) is 36.3. The highest BCUT2D eigenvalue weighted by molar-refractivity contribution is 6.27. The molecule has 0 fully saturated rings. The van der Waals surface area contributed by atoms with Gasteiger partial charge in [0.25, 0.3) is 0 Å². The molecule has 0 aliphatic rings. The highest BCUT2D eigenvalue weighted by atomic mass is 16.3. The van der Waals surface area contributed by atoms with Gasteiger partial charge in [0.15, 0.2) is 0 Å². The van der Waals surface area contributed by atoms with Crippen LogP contribution < -0.4 is 4.90 Å². The van der Waals surface area contributed by atoms with Crippen molar-refractivity contribution in [3.63, 3.8) is 0 Å². The molecule has 2 aromatic heterocycles. The first-order valence-corrected chi connectivity index (χ1v) is 18.8. The number of aromatic nitrogens is 1. The van der Waals surface area contributed by atoms with Crippen molar-refractivity contribution >= 4 is 71.6 Å². The number of hydrogen-bond donors (Lipinski definition) is 0. The predicted octanol–water partition coefficient (Wildman–Crippen LogP) is 14.6. The molecule has 9 aromatic carbocycles. The lowest BCUT2D eigenvalue weighted by molar-refractivity contribution is 0.669. The molecule has 0 unspecified atom stereocenters. The lowest BCUT2D eigenvalue weighted by Crippen LogP contribution is -2.09. The van der Waals surface area contributed by atoms with Gasteiger partial charge in [-0.25, -0.2) is 0 Å². The molecule has 0 amide bonds. The third kappa shape index (κ3) is 5.05. The number of fused-ring (bicyclic) bond motifs is 7. The van der Waals surface area contributed by atoms with Gasteiger partial charge in [-0.1, -0.05) is 133 Å². The second kappa shape index (κ2) is 12.6. The smallest absolute Gasteiger partial charge is 0.138 e. The van der Waals surface area contributed by atoms with Crippen LogP contribution in [0.1, 0.15) is 0 Å². The molecule has 0 aliphatic heterocycles. The minimum absolute atomic E-state index is 0.877. The normalized spacial score (nSPS) is 11.6. The first-order chi connectivity index (χ1) is 27.3. The average molecular weight is 703 g/mol. The van der Waals surface area contributed by atoms with Crippen molar-refractivity contribution in [2.45, 2.75) is 0 Å². The van der Waals surface area contributed by atoms with E-state index in [2.05, 4.69) is 210 Å². The second-order valence-corrected chi connectivity index (χ2v) is 14.1. The summed E-state index contributed by atoms with van der Waals surface area (Å²) in [5.74, 6) is 0. The maximum absolute atomic E-state index is 6.68. The van der Waals surface area contributed by atoms with Gasteiger partial charge < -0.3 is 13.9 Å². The lowest BCUT2D eigenvalue weighted by Gasteiger charge is -2.25. The summed E-state index contributed by atoms with van der Waals surface area (Å²) in [6.45, 7) is 0. The third-order valence-electron chi connectivity index (χ3n) is 11.0. The van der Waals surface area contributed by atoms with E-state index in [9.17, 15) is 0 Å². The molecule has 0 radical (unpaired) electrons. The minimum Gasteiger partial charge on any atom is -0.456 e. The summed E-state index contributed by atoms with van der Waals surface area (Å²) < 4.78 is 9.09. The van der Waals surface area contributed by atoms with Crippen molar-refractivity contribution in [3.8, 4) is 27.9 Å². The molecule has 0 saturated carbocycles. The molecule has 0 aliphatic carbocycles. The predicted molar refractivity (Wildman–Crippen MR) is 231 cm³/mol. The Labute approximate surface area is 318 Å². The molecule has 2 heterocycles. The summed E-state index contributed by atoms with van der Waals surface area (Å²) in [7, 11) is 0. The highest BCUT2D eigenvalue weighted by Crippen LogP contribution is 2.47. The summed E-state index contributed by atoms with van der Waals surface area (Å²) in [6.07, 6.45) is 0. The fourth-order valence-electron chi connectivity index (χ4n) is 8.55. The van der Waals surface area contributed by atoms with Gasteiger partial charge in [0.2, 0.25) is 0 Å². The first kappa shape index (κ1) is 31.2. The third-order valence-corrected chi connectivity index (χ3v) is 11.0. The van der Waals surface area contributed by atoms with E-state index < -0.39 is 0 Å². The molecule has 0 atom stereocenters. The van der Waals surface area contributed by atoms with E-state index >= 15 is 0 Å². The van der Waals surface area contributed by atoms with Gasteiger partial charge >= 0.3 is 0 Å². The zero-order valence-corrected chi connectivity index (χ0v) is 29.9. The molecular formula is C52H34N2O. The van der Waals surface area contributed by atoms with Crippen molar-refractivity contribution in [3.05, 3.63) is 206 Å². The fraction of sp³-hybridized carbons (Fsp3) is 0. The van der Waals surface area contributed by atoms with Gasteiger partial charge in [-0.05, 0) is 94.2 Å². The quantitative estimate of drug-likeness (QED) is 0.172. The van der Waals surface area contributed by atoms with Gasteiger partial charge in [-0.15, -0.1) is 0 Å². The van der Waals surface area contributed by atoms with E-state index in [0.717, 1.165) is 61.3 Å². The van der Waals surface area contributed by atoms with E-state index in [4.69, 9.17) is 4.42 Å². The molecule has 11 rings (SSSR count). The number of benzene rings is 9. The number of para-hydroxylation sites is 3. The van der Waals surface area contributed by atoms with E-state index in [1.54, 1.807) is 0 Å². The Morgan fingerprint density at radius 3 is 1.75 bits per heavy atom. The maximum atomic E-state index is 6.68. The maximum Gasteiger partial charge on any atom is 0.138 e.